The number of halogens is 1. The standard InChI is InChI=1S/C13H13IN4/c14-11-12(8-4-5-8)17-10(18-13(11)15)7-9-3-1-2-6-16-9/h1-3,6,8H,4-5,7H2,(H2,15,17,18). The number of nitrogen functional groups attached to an aromatic ring is 1. The zero-order valence-electron chi connectivity index (χ0n) is 9.81. The Morgan fingerprint density at radius 2 is 2.11 bits per heavy atom. The predicted molar refractivity (Wildman–Crippen MR) is 78.2 cm³/mol. The van der Waals surface area contributed by atoms with Crippen molar-refractivity contribution in [2.24, 2.45) is 0 Å². The molecule has 0 aromatic carbocycles. The summed E-state index contributed by atoms with van der Waals surface area (Å²) >= 11 is 2.24. The molecule has 0 aliphatic heterocycles. The van der Waals surface area contributed by atoms with Gasteiger partial charge in [-0.05, 0) is 47.6 Å². The van der Waals surface area contributed by atoms with Crippen LogP contribution in [0.1, 0.15) is 36.0 Å². The van der Waals surface area contributed by atoms with Crippen LogP contribution in [0.25, 0.3) is 0 Å². The summed E-state index contributed by atoms with van der Waals surface area (Å²) in [6, 6.07) is 5.86. The molecule has 1 aliphatic carbocycles. The molecule has 0 bridgehead atoms. The average molecular weight is 352 g/mol. The fourth-order valence-corrected chi connectivity index (χ4v) is 2.59. The summed E-state index contributed by atoms with van der Waals surface area (Å²) in [6.45, 7) is 0. The number of pyridine rings is 1. The maximum Gasteiger partial charge on any atom is 0.140 e. The van der Waals surface area contributed by atoms with Gasteiger partial charge in [0, 0.05) is 17.8 Å². The van der Waals surface area contributed by atoms with E-state index in [9.17, 15) is 0 Å². The van der Waals surface area contributed by atoms with E-state index in [1.165, 1.54) is 12.8 Å². The van der Waals surface area contributed by atoms with Crippen molar-refractivity contribution in [2.75, 3.05) is 5.73 Å². The van der Waals surface area contributed by atoms with Crippen LogP contribution in [0.4, 0.5) is 5.82 Å². The third kappa shape index (κ3) is 2.45. The molecular weight excluding hydrogens is 339 g/mol. The molecule has 92 valence electrons. The first-order valence-corrected chi connectivity index (χ1v) is 7.03. The zero-order chi connectivity index (χ0) is 12.5. The van der Waals surface area contributed by atoms with E-state index in [0.29, 0.717) is 18.2 Å². The number of hydrogen-bond acceptors (Lipinski definition) is 4. The third-order valence-corrected chi connectivity index (χ3v) is 4.08. The molecule has 0 unspecified atom stereocenters. The quantitative estimate of drug-likeness (QED) is 0.863. The van der Waals surface area contributed by atoms with Crippen LogP contribution in [0.5, 0.6) is 0 Å². The number of aromatic nitrogens is 3. The minimum Gasteiger partial charge on any atom is -0.383 e. The highest BCUT2D eigenvalue weighted by atomic mass is 127. The minimum atomic E-state index is 0.588. The topological polar surface area (TPSA) is 64.7 Å². The summed E-state index contributed by atoms with van der Waals surface area (Å²) in [7, 11) is 0. The van der Waals surface area contributed by atoms with Crippen molar-refractivity contribution in [1.29, 1.82) is 0 Å². The predicted octanol–water partition coefficient (Wildman–Crippen LogP) is 2.53. The van der Waals surface area contributed by atoms with Gasteiger partial charge < -0.3 is 5.73 Å². The molecule has 2 aromatic rings. The molecule has 4 nitrogen and oxygen atoms in total. The van der Waals surface area contributed by atoms with Crippen molar-refractivity contribution in [2.45, 2.75) is 25.2 Å². The Kier molecular flexibility index (Phi) is 3.15. The molecule has 18 heavy (non-hydrogen) atoms. The SMILES string of the molecule is Nc1nc(Cc2ccccn2)nc(C2CC2)c1I. The van der Waals surface area contributed by atoms with Crippen molar-refractivity contribution >= 4 is 28.4 Å². The normalized spacial score (nSPS) is 14.7. The molecule has 0 spiro atoms. The third-order valence-electron chi connectivity index (χ3n) is 2.98. The van der Waals surface area contributed by atoms with E-state index in [4.69, 9.17) is 5.73 Å². The molecule has 1 aliphatic rings. The van der Waals surface area contributed by atoms with Gasteiger partial charge in [-0.25, -0.2) is 9.97 Å². The Morgan fingerprint density at radius 1 is 1.28 bits per heavy atom. The molecule has 1 saturated carbocycles. The molecular formula is C13H13IN4. The van der Waals surface area contributed by atoms with Gasteiger partial charge in [-0.3, -0.25) is 4.98 Å². The molecule has 0 saturated heterocycles. The molecule has 0 radical (unpaired) electrons. The summed E-state index contributed by atoms with van der Waals surface area (Å²) in [6.07, 6.45) is 4.86. The Labute approximate surface area is 119 Å². The molecule has 0 atom stereocenters. The van der Waals surface area contributed by atoms with Gasteiger partial charge in [-0.1, -0.05) is 6.07 Å². The second-order valence-corrected chi connectivity index (χ2v) is 5.58. The van der Waals surface area contributed by atoms with Gasteiger partial charge in [-0.15, -0.1) is 0 Å². The summed E-state index contributed by atoms with van der Waals surface area (Å²) in [5.41, 5.74) is 8.05. The van der Waals surface area contributed by atoms with Crippen molar-refractivity contribution in [3.8, 4) is 0 Å². The van der Waals surface area contributed by atoms with Gasteiger partial charge in [0.15, 0.2) is 0 Å². The minimum absolute atomic E-state index is 0.588. The van der Waals surface area contributed by atoms with E-state index in [0.717, 1.165) is 20.8 Å². The van der Waals surface area contributed by atoms with E-state index in [-0.39, 0.29) is 0 Å². The summed E-state index contributed by atoms with van der Waals surface area (Å²) < 4.78 is 1.01. The van der Waals surface area contributed by atoms with Crippen molar-refractivity contribution in [1.82, 2.24) is 15.0 Å². The van der Waals surface area contributed by atoms with Gasteiger partial charge >= 0.3 is 0 Å². The lowest BCUT2D eigenvalue weighted by Gasteiger charge is -2.08. The van der Waals surface area contributed by atoms with Gasteiger partial charge in [0.05, 0.1) is 15.7 Å². The number of nitrogens with two attached hydrogens (primary N) is 1. The maximum atomic E-state index is 5.96. The first-order chi connectivity index (χ1) is 8.74. The molecule has 2 aromatic heterocycles. The summed E-state index contributed by atoms with van der Waals surface area (Å²) in [5.74, 6) is 1.96. The van der Waals surface area contributed by atoms with Crippen LogP contribution in [0, 0.1) is 3.57 Å². The largest absolute Gasteiger partial charge is 0.383 e. The lowest BCUT2D eigenvalue weighted by atomic mass is 10.2. The van der Waals surface area contributed by atoms with Crippen LogP contribution < -0.4 is 5.73 Å². The van der Waals surface area contributed by atoms with Gasteiger partial charge in [-0.2, -0.15) is 0 Å². The molecule has 1 fully saturated rings. The number of hydrogen-bond donors (Lipinski definition) is 1. The van der Waals surface area contributed by atoms with Crippen LogP contribution in [0.3, 0.4) is 0 Å². The van der Waals surface area contributed by atoms with Crippen LogP contribution in [-0.4, -0.2) is 15.0 Å². The fraction of sp³-hybridized carbons (Fsp3) is 0.308. The van der Waals surface area contributed by atoms with Gasteiger partial charge in [0.1, 0.15) is 11.6 Å². The smallest absolute Gasteiger partial charge is 0.140 e. The Morgan fingerprint density at radius 3 is 2.78 bits per heavy atom. The molecule has 2 N–H and O–H groups in total. The van der Waals surface area contributed by atoms with Gasteiger partial charge in [0.25, 0.3) is 0 Å². The molecule has 2 heterocycles. The number of nitrogens with zero attached hydrogens (tertiary/aromatic N) is 3. The highest BCUT2D eigenvalue weighted by Gasteiger charge is 2.28. The lowest BCUT2D eigenvalue weighted by molar-refractivity contribution is 0.879. The fourth-order valence-electron chi connectivity index (χ4n) is 1.90. The van der Waals surface area contributed by atoms with Gasteiger partial charge in [0.2, 0.25) is 0 Å². The summed E-state index contributed by atoms with van der Waals surface area (Å²) in [5, 5.41) is 0. The first-order valence-electron chi connectivity index (χ1n) is 5.95. The van der Waals surface area contributed by atoms with Crippen LogP contribution in [0.15, 0.2) is 24.4 Å². The Hall–Kier alpha value is -1.24. The Bertz CT molecular complexity index is 567. The van der Waals surface area contributed by atoms with Crippen LogP contribution in [0.2, 0.25) is 0 Å². The summed E-state index contributed by atoms with van der Waals surface area (Å²) in [4.78, 5) is 13.3. The lowest BCUT2D eigenvalue weighted by Crippen LogP contribution is -2.07. The van der Waals surface area contributed by atoms with E-state index in [2.05, 4.69) is 37.5 Å². The second kappa shape index (κ2) is 4.79. The van der Waals surface area contributed by atoms with E-state index in [1.54, 1.807) is 6.20 Å². The van der Waals surface area contributed by atoms with E-state index >= 15 is 0 Å². The molecule has 5 heteroatoms. The zero-order valence-corrected chi connectivity index (χ0v) is 12.0. The number of anilines is 1. The van der Waals surface area contributed by atoms with Crippen molar-refractivity contribution < 1.29 is 0 Å². The van der Waals surface area contributed by atoms with Crippen LogP contribution in [-0.2, 0) is 6.42 Å². The van der Waals surface area contributed by atoms with E-state index in [1.807, 2.05) is 18.2 Å². The Balaban J connectivity index is 1.93. The molecule has 0 amide bonds. The molecule has 3 rings (SSSR count). The maximum absolute atomic E-state index is 5.96. The first kappa shape index (κ1) is 11.8. The number of rotatable bonds is 3. The highest BCUT2D eigenvalue weighted by Crippen LogP contribution is 2.41. The van der Waals surface area contributed by atoms with Crippen molar-refractivity contribution in [3.63, 3.8) is 0 Å². The average Bonchev–Trinajstić information content (AvgIpc) is 3.19. The van der Waals surface area contributed by atoms with Crippen molar-refractivity contribution in [3.05, 3.63) is 45.2 Å². The highest BCUT2D eigenvalue weighted by molar-refractivity contribution is 14.1. The monoisotopic (exact) mass is 352 g/mol. The van der Waals surface area contributed by atoms with E-state index < -0.39 is 0 Å². The second-order valence-electron chi connectivity index (χ2n) is 4.50. The van der Waals surface area contributed by atoms with Crippen LogP contribution >= 0.6 is 22.6 Å².